The van der Waals surface area contributed by atoms with Gasteiger partial charge in [-0.2, -0.15) is 18.6 Å². The molecule has 0 aliphatic carbocycles. The fourth-order valence-corrected chi connectivity index (χ4v) is 3.44. The van der Waals surface area contributed by atoms with Crippen molar-refractivity contribution in [3.63, 3.8) is 0 Å². The minimum absolute atomic E-state index is 0.142. The van der Waals surface area contributed by atoms with Crippen LogP contribution in [0.15, 0.2) is 64.6 Å². The number of nitrogens with one attached hydrogen (secondary N) is 1. The molecule has 0 spiro atoms. The number of hydrogen-bond donors (Lipinski definition) is 1. The Morgan fingerprint density at radius 2 is 1.73 bits per heavy atom. The topological polar surface area (TPSA) is 76.3 Å². The monoisotopic (exact) mass is 388 g/mol. The van der Waals surface area contributed by atoms with Crippen molar-refractivity contribution in [3.8, 4) is 5.69 Å². The summed E-state index contributed by atoms with van der Waals surface area (Å²) < 4.78 is 26.1. The standard InChI is InChI=1S/C18H17ClN4O2S/c1-13-8-10-16(11-9-13)26(24,25)22-20-12-17-14(2)21-23(18(17)19)15-6-4-3-5-7-15/h3-12,22H,1-2H3/b20-12+. The molecule has 0 saturated heterocycles. The summed E-state index contributed by atoms with van der Waals surface area (Å²) >= 11 is 6.38. The minimum Gasteiger partial charge on any atom is -0.221 e. The van der Waals surface area contributed by atoms with E-state index in [1.807, 2.05) is 37.3 Å². The number of rotatable bonds is 5. The Kier molecular flexibility index (Phi) is 5.11. The summed E-state index contributed by atoms with van der Waals surface area (Å²) in [5.74, 6) is 0. The zero-order valence-electron chi connectivity index (χ0n) is 14.2. The van der Waals surface area contributed by atoms with Crippen molar-refractivity contribution < 1.29 is 8.42 Å². The van der Waals surface area contributed by atoms with Gasteiger partial charge in [0.1, 0.15) is 5.15 Å². The predicted octanol–water partition coefficient (Wildman–Crippen LogP) is 3.45. The molecule has 0 aliphatic rings. The molecule has 0 fully saturated rings. The van der Waals surface area contributed by atoms with Gasteiger partial charge in [0.2, 0.25) is 0 Å². The molecule has 2 aromatic carbocycles. The lowest BCUT2D eigenvalue weighted by molar-refractivity contribution is 0.584. The lowest BCUT2D eigenvalue weighted by Crippen LogP contribution is -2.18. The number of nitrogens with zero attached hydrogens (tertiary/aromatic N) is 3. The van der Waals surface area contributed by atoms with Gasteiger partial charge < -0.3 is 0 Å². The van der Waals surface area contributed by atoms with Crippen LogP contribution in [0.3, 0.4) is 0 Å². The molecule has 0 bridgehead atoms. The maximum atomic E-state index is 12.3. The van der Waals surface area contributed by atoms with Crippen LogP contribution >= 0.6 is 11.6 Å². The third-order valence-corrected chi connectivity index (χ3v) is 5.35. The van der Waals surface area contributed by atoms with Crippen LogP contribution in [0.5, 0.6) is 0 Å². The molecule has 3 rings (SSSR count). The highest BCUT2D eigenvalue weighted by molar-refractivity contribution is 7.89. The van der Waals surface area contributed by atoms with Crippen molar-refractivity contribution in [3.05, 3.63) is 76.6 Å². The third kappa shape index (κ3) is 3.79. The van der Waals surface area contributed by atoms with Gasteiger partial charge >= 0.3 is 0 Å². The lowest BCUT2D eigenvalue weighted by Gasteiger charge is -2.03. The Bertz CT molecular complexity index is 1040. The third-order valence-electron chi connectivity index (χ3n) is 3.75. The maximum Gasteiger partial charge on any atom is 0.276 e. The fraction of sp³-hybridized carbons (Fsp3) is 0.111. The maximum absolute atomic E-state index is 12.3. The van der Waals surface area contributed by atoms with Crippen LogP contribution in [-0.2, 0) is 10.0 Å². The van der Waals surface area contributed by atoms with E-state index in [1.165, 1.54) is 18.3 Å². The number of aromatic nitrogens is 2. The van der Waals surface area contributed by atoms with E-state index in [2.05, 4.69) is 15.0 Å². The Labute approximate surface area is 157 Å². The van der Waals surface area contributed by atoms with E-state index < -0.39 is 10.0 Å². The van der Waals surface area contributed by atoms with Crippen LogP contribution in [0, 0.1) is 13.8 Å². The van der Waals surface area contributed by atoms with Crippen molar-refractivity contribution >= 4 is 27.8 Å². The first kappa shape index (κ1) is 18.2. The first-order valence-corrected chi connectivity index (χ1v) is 9.67. The predicted molar refractivity (Wildman–Crippen MR) is 102 cm³/mol. The van der Waals surface area contributed by atoms with Crippen molar-refractivity contribution in [1.29, 1.82) is 0 Å². The first-order valence-electron chi connectivity index (χ1n) is 7.80. The molecule has 1 aromatic heterocycles. The van der Waals surface area contributed by atoms with Gasteiger partial charge in [-0.15, -0.1) is 0 Å². The second-order valence-electron chi connectivity index (χ2n) is 5.70. The summed E-state index contributed by atoms with van der Waals surface area (Å²) in [4.78, 5) is 2.33. The van der Waals surface area contributed by atoms with E-state index in [0.29, 0.717) is 16.4 Å². The molecule has 3 aromatic rings. The van der Waals surface area contributed by atoms with Gasteiger partial charge in [0.15, 0.2) is 0 Å². The highest BCUT2D eigenvalue weighted by atomic mass is 35.5. The highest BCUT2D eigenvalue weighted by Gasteiger charge is 2.15. The lowest BCUT2D eigenvalue weighted by atomic mass is 10.2. The molecule has 0 radical (unpaired) electrons. The van der Waals surface area contributed by atoms with Gasteiger partial charge in [0.25, 0.3) is 10.0 Å². The molecule has 0 unspecified atom stereocenters. The van der Waals surface area contributed by atoms with E-state index in [-0.39, 0.29) is 4.90 Å². The largest absolute Gasteiger partial charge is 0.276 e. The zero-order valence-corrected chi connectivity index (χ0v) is 15.8. The molecule has 1 heterocycles. The number of hydrazone groups is 1. The molecule has 0 amide bonds. The number of halogens is 1. The van der Waals surface area contributed by atoms with Gasteiger partial charge in [-0.25, -0.2) is 9.51 Å². The summed E-state index contributed by atoms with van der Waals surface area (Å²) in [6, 6.07) is 15.9. The first-order chi connectivity index (χ1) is 12.4. The van der Waals surface area contributed by atoms with Crippen LogP contribution in [0.2, 0.25) is 5.15 Å². The van der Waals surface area contributed by atoms with Crippen molar-refractivity contribution in [2.45, 2.75) is 18.7 Å². The van der Waals surface area contributed by atoms with E-state index in [1.54, 1.807) is 23.7 Å². The summed E-state index contributed by atoms with van der Waals surface area (Å²) in [6.45, 7) is 3.66. The molecule has 1 N–H and O–H groups in total. The number of benzene rings is 2. The van der Waals surface area contributed by atoms with Crippen LogP contribution < -0.4 is 4.83 Å². The van der Waals surface area contributed by atoms with Crippen molar-refractivity contribution in [2.75, 3.05) is 0 Å². The van der Waals surface area contributed by atoms with Crippen LogP contribution in [0.4, 0.5) is 0 Å². The Morgan fingerprint density at radius 3 is 2.38 bits per heavy atom. The quantitative estimate of drug-likeness (QED) is 0.537. The molecule has 134 valence electrons. The van der Waals surface area contributed by atoms with E-state index in [9.17, 15) is 8.42 Å². The van der Waals surface area contributed by atoms with Gasteiger partial charge in [-0.1, -0.05) is 47.5 Å². The van der Waals surface area contributed by atoms with Crippen molar-refractivity contribution in [1.82, 2.24) is 14.6 Å². The number of aryl methyl sites for hydroxylation is 2. The Morgan fingerprint density at radius 1 is 1.08 bits per heavy atom. The van der Waals surface area contributed by atoms with Crippen LogP contribution in [-0.4, -0.2) is 24.4 Å². The van der Waals surface area contributed by atoms with E-state index in [0.717, 1.165) is 11.3 Å². The molecule has 6 nitrogen and oxygen atoms in total. The molecule has 0 saturated carbocycles. The van der Waals surface area contributed by atoms with Gasteiger partial charge in [0.05, 0.1) is 28.1 Å². The zero-order chi connectivity index (χ0) is 18.7. The van der Waals surface area contributed by atoms with Gasteiger partial charge in [-0.05, 0) is 38.1 Å². The van der Waals surface area contributed by atoms with Gasteiger partial charge in [-0.3, -0.25) is 0 Å². The average molecular weight is 389 g/mol. The summed E-state index contributed by atoms with van der Waals surface area (Å²) in [7, 11) is -3.74. The van der Waals surface area contributed by atoms with Crippen LogP contribution in [0.1, 0.15) is 16.8 Å². The second-order valence-corrected chi connectivity index (χ2v) is 7.72. The normalized spacial score (nSPS) is 11.8. The smallest absolute Gasteiger partial charge is 0.221 e. The molecule has 26 heavy (non-hydrogen) atoms. The fourth-order valence-electron chi connectivity index (χ4n) is 2.33. The minimum atomic E-state index is -3.74. The average Bonchev–Trinajstić information content (AvgIpc) is 2.91. The molecule has 0 atom stereocenters. The Hall–Kier alpha value is -2.64. The molecule has 0 aliphatic heterocycles. The number of hydrogen-bond acceptors (Lipinski definition) is 4. The highest BCUT2D eigenvalue weighted by Crippen LogP contribution is 2.22. The van der Waals surface area contributed by atoms with E-state index >= 15 is 0 Å². The number of para-hydroxylation sites is 1. The number of sulfonamides is 1. The van der Waals surface area contributed by atoms with Gasteiger partial charge in [0, 0.05) is 0 Å². The van der Waals surface area contributed by atoms with Crippen LogP contribution in [0.25, 0.3) is 5.69 Å². The molecule has 8 heteroatoms. The van der Waals surface area contributed by atoms with Crippen molar-refractivity contribution in [2.24, 2.45) is 5.10 Å². The molecular formula is C18H17ClN4O2S. The summed E-state index contributed by atoms with van der Waals surface area (Å²) in [6.07, 6.45) is 1.36. The molecular weight excluding hydrogens is 372 g/mol. The summed E-state index contributed by atoms with van der Waals surface area (Å²) in [5, 5.41) is 8.57. The Balaban J connectivity index is 1.83. The SMILES string of the molecule is Cc1ccc(S(=O)(=O)N/N=C/c2c(C)nn(-c3ccccc3)c2Cl)cc1. The summed E-state index contributed by atoms with van der Waals surface area (Å²) in [5.41, 5.74) is 2.96. The second kappa shape index (κ2) is 7.31. The van der Waals surface area contributed by atoms with E-state index in [4.69, 9.17) is 11.6 Å².